The molecule has 1 aromatic carbocycles. The predicted molar refractivity (Wildman–Crippen MR) is 109 cm³/mol. The number of sulfone groups is 1. The summed E-state index contributed by atoms with van der Waals surface area (Å²) in [5.74, 6) is -0.732. The van der Waals surface area contributed by atoms with Crippen molar-refractivity contribution in [1.29, 1.82) is 0 Å². The number of alkyl halides is 3. The van der Waals surface area contributed by atoms with Gasteiger partial charge >= 0.3 is 12.1 Å². The molecule has 0 bridgehead atoms. The Morgan fingerprint density at radius 3 is 2.55 bits per heavy atom. The summed E-state index contributed by atoms with van der Waals surface area (Å²) in [5.41, 5.74) is 3.57. The minimum atomic E-state index is -4.81. The molecule has 0 atom stereocenters. The normalized spacial score (nSPS) is 13.7. The zero-order valence-corrected chi connectivity index (χ0v) is 18.4. The Kier molecular flexibility index (Phi) is 7.54. The van der Waals surface area contributed by atoms with Crippen LogP contribution in [0.4, 0.5) is 13.2 Å². The van der Waals surface area contributed by atoms with E-state index in [2.05, 4.69) is 15.2 Å². The van der Waals surface area contributed by atoms with Crippen molar-refractivity contribution in [3.05, 3.63) is 40.5 Å². The van der Waals surface area contributed by atoms with Gasteiger partial charge in [0.15, 0.2) is 14.8 Å². The van der Waals surface area contributed by atoms with Crippen LogP contribution < -0.4 is 5.73 Å². The summed E-state index contributed by atoms with van der Waals surface area (Å²) < 4.78 is 67.6. The van der Waals surface area contributed by atoms with E-state index in [9.17, 15) is 26.4 Å². The average Bonchev–Trinajstić information content (AvgIpc) is 3.16. The molecule has 0 fully saturated rings. The van der Waals surface area contributed by atoms with Crippen LogP contribution in [0.3, 0.4) is 0 Å². The molecule has 2 aromatic rings. The molecule has 0 amide bonds. The Bertz CT molecular complexity index is 1140. The number of ether oxygens (including phenoxy) is 1. The third-order valence-electron chi connectivity index (χ3n) is 3.87. The molecule has 1 aromatic heterocycles. The Balaban J connectivity index is 2.53. The minimum Gasteiger partial charge on any atom is -0.465 e. The minimum absolute atomic E-state index is 0.0197. The van der Waals surface area contributed by atoms with Crippen molar-refractivity contribution < 1.29 is 31.1 Å². The number of carbonyl (C=O) groups excluding carboxylic acids is 1. The zero-order valence-electron chi connectivity index (χ0n) is 16.7. The first-order valence-electron chi connectivity index (χ1n) is 8.73. The van der Waals surface area contributed by atoms with E-state index in [1.54, 1.807) is 13.0 Å². The SMILES string of the molecule is CCOC(=O)CN=C(C(C)=C(N)C(F)(F)F)c1nnc(-c2cccc(S(C)(=O)=O)c2)s1. The molecular weight excluding hydrogens is 457 g/mol. The highest BCUT2D eigenvalue weighted by Crippen LogP contribution is 2.30. The second-order valence-electron chi connectivity index (χ2n) is 6.22. The summed E-state index contributed by atoms with van der Waals surface area (Å²) in [6, 6.07) is 5.88. The van der Waals surface area contributed by atoms with Crippen LogP contribution >= 0.6 is 11.3 Å². The predicted octanol–water partition coefficient (Wildman–Crippen LogP) is 2.76. The molecule has 0 aliphatic carbocycles. The number of hydrogen-bond donors (Lipinski definition) is 1. The monoisotopic (exact) mass is 476 g/mol. The maximum absolute atomic E-state index is 13.1. The lowest BCUT2D eigenvalue weighted by Crippen LogP contribution is -2.24. The van der Waals surface area contributed by atoms with Gasteiger partial charge in [-0.15, -0.1) is 10.2 Å². The van der Waals surface area contributed by atoms with Gasteiger partial charge in [-0.05, 0) is 26.0 Å². The number of carbonyl (C=O) groups is 1. The molecule has 2 N–H and O–H groups in total. The Hall–Kier alpha value is -2.80. The summed E-state index contributed by atoms with van der Waals surface area (Å²) in [5, 5.41) is 8.04. The van der Waals surface area contributed by atoms with Crippen molar-refractivity contribution in [3.8, 4) is 10.6 Å². The number of nitrogens with two attached hydrogens (primary N) is 1. The van der Waals surface area contributed by atoms with Gasteiger partial charge in [0.25, 0.3) is 0 Å². The highest BCUT2D eigenvalue weighted by Gasteiger charge is 2.35. The number of esters is 1. The second kappa shape index (κ2) is 9.56. The van der Waals surface area contributed by atoms with Crippen molar-refractivity contribution in [2.45, 2.75) is 24.9 Å². The van der Waals surface area contributed by atoms with Gasteiger partial charge in [0.05, 0.1) is 11.5 Å². The fourth-order valence-corrected chi connectivity index (χ4v) is 3.90. The molecule has 0 spiro atoms. The van der Waals surface area contributed by atoms with Crippen LogP contribution in [0.15, 0.2) is 45.4 Å². The van der Waals surface area contributed by atoms with E-state index in [-0.39, 0.29) is 27.2 Å². The van der Waals surface area contributed by atoms with Gasteiger partial charge in [-0.3, -0.25) is 9.79 Å². The van der Waals surface area contributed by atoms with Crippen molar-refractivity contribution in [2.24, 2.45) is 10.7 Å². The number of nitrogens with zero attached hydrogens (tertiary/aromatic N) is 3. The zero-order chi connectivity index (χ0) is 23.4. The first-order chi connectivity index (χ1) is 14.3. The van der Waals surface area contributed by atoms with Crippen molar-refractivity contribution >= 4 is 32.9 Å². The van der Waals surface area contributed by atoms with Crippen LogP contribution in [0.1, 0.15) is 18.9 Å². The number of rotatable bonds is 7. The number of aliphatic imine (C=N–C) groups is 1. The van der Waals surface area contributed by atoms with Crippen LogP contribution in [0.25, 0.3) is 10.6 Å². The van der Waals surface area contributed by atoms with Gasteiger partial charge in [0.2, 0.25) is 0 Å². The molecule has 2 rings (SSSR count). The lowest BCUT2D eigenvalue weighted by Gasteiger charge is -2.12. The number of hydrogen-bond acceptors (Lipinski definition) is 9. The topological polar surface area (TPSA) is 125 Å². The molecule has 1 heterocycles. The van der Waals surface area contributed by atoms with E-state index < -0.39 is 39.8 Å². The van der Waals surface area contributed by atoms with Gasteiger partial charge in [0, 0.05) is 17.4 Å². The summed E-state index contributed by atoms with van der Waals surface area (Å²) in [6.07, 6.45) is -3.77. The molecule has 8 nitrogen and oxygen atoms in total. The Labute approximate surface area is 180 Å². The lowest BCUT2D eigenvalue weighted by molar-refractivity contribution is -0.141. The Morgan fingerprint density at radius 1 is 1.29 bits per heavy atom. The van der Waals surface area contributed by atoms with Gasteiger partial charge < -0.3 is 10.5 Å². The average molecular weight is 477 g/mol. The van der Waals surface area contributed by atoms with Gasteiger partial charge in [0.1, 0.15) is 23.0 Å². The van der Waals surface area contributed by atoms with E-state index in [1.165, 1.54) is 18.2 Å². The molecule has 0 radical (unpaired) electrons. The van der Waals surface area contributed by atoms with Gasteiger partial charge in [-0.25, -0.2) is 8.42 Å². The molecule has 0 unspecified atom stereocenters. The van der Waals surface area contributed by atoms with Gasteiger partial charge in [-0.2, -0.15) is 13.2 Å². The first kappa shape index (κ1) is 24.5. The fraction of sp³-hybridized carbons (Fsp3) is 0.333. The highest BCUT2D eigenvalue weighted by molar-refractivity contribution is 7.90. The van der Waals surface area contributed by atoms with Crippen LogP contribution in [0.5, 0.6) is 0 Å². The lowest BCUT2D eigenvalue weighted by atomic mass is 10.1. The number of benzene rings is 1. The molecule has 0 aliphatic heterocycles. The highest BCUT2D eigenvalue weighted by atomic mass is 32.2. The van der Waals surface area contributed by atoms with Crippen LogP contribution in [0.2, 0.25) is 0 Å². The third kappa shape index (κ3) is 6.34. The molecule has 13 heteroatoms. The molecule has 0 saturated carbocycles. The van der Waals surface area contributed by atoms with E-state index in [1.807, 2.05) is 0 Å². The van der Waals surface area contributed by atoms with E-state index in [0.29, 0.717) is 5.56 Å². The van der Waals surface area contributed by atoms with Crippen molar-refractivity contribution in [1.82, 2.24) is 10.2 Å². The molecular formula is C18H19F3N4O4S2. The smallest absolute Gasteiger partial charge is 0.431 e. The van der Waals surface area contributed by atoms with Crippen molar-refractivity contribution in [2.75, 3.05) is 19.4 Å². The van der Waals surface area contributed by atoms with Crippen LogP contribution in [-0.2, 0) is 19.4 Å². The third-order valence-corrected chi connectivity index (χ3v) is 5.96. The van der Waals surface area contributed by atoms with E-state index in [0.717, 1.165) is 24.5 Å². The standard InChI is InChI=1S/C18H19F3N4O4S2/c1-4-29-13(26)9-23-14(10(2)15(22)18(19,20)21)17-25-24-16(30-17)11-6-5-7-12(8-11)31(3,27)28/h5-8H,4,9,22H2,1-3H3. The van der Waals surface area contributed by atoms with Crippen molar-refractivity contribution in [3.63, 3.8) is 0 Å². The summed E-state index contributed by atoms with van der Waals surface area (Å²) in [7, 11) is -3.48. The van der Waals surface area contributed by atoms with E-state index in [4.69, 9.17) is 10.5 Å². The number of halogens is 3. The van der Waals surface area contributed by atoms with Gasteiger partial charge in [-0.1, -0.05) is 23.5 Å². The maximum Gasteiger partial charge on any atom is 0.431 e. The van der Waals surface area contributed by atoms with E-state index >= 15 is 0 Å². The molecule has 0 saturated heterocycles. The molecule has 0 aliphatic rings. The molecule has 168 valence electrons. The largest absolute Gasteiger partial charge is 0.465 e. The first-order valence-corrected chi connectivity index (χ1v) is 11.4. The quantitative estimate of drug-likeness (QED) is 0.481. The second-order valence-corrected chi connectivity index (χ2v) is 9.21. The summed E-state index contributed by atoms with van der Waals surface area (Å²) >= 11 is 0.878. The summed E-state index contributed by atoms with van der Waals surface area (Å²) in [4.78, 5) is 15.6. The maximum atomic E-state index is 13.1. The van der Waals surface area contributed by atoms with Crippen LogP contribution in [0, 0.1) is 0 Å². The fourth-order valence-electron chi connectivity index (χ4n) is 2.33. The van der Waals surface area contributed by atoms with Crippen LogP contribution in [-0.4, -0.2) is 55.9 Å². The summed E-state index contributed by atoms with van der Waals surface area (Å²) in [6.45, 7) is 2.24. The molecule has 31 heavy (non-hydrogen) atoms. The number of allylic oxidation sites excluding steroid dienone is 2. The Morgan fingerprint density at radius 2 is 1.97 bits per heavy atom. The number of aromatic nitrogens is 2.